The van der Waals surface area contributed by atoms with E-state index in [-0.39, 0.29) is 23.7 Å². The standard InChI is InChI=1S/C21H30FN5O/c1-2-23-21(25-19-13-17(19)16-5-3-4-6-18(16)22)27-11-9-26(10-12-27)14-20(28)24-15-7-8-15/h3-6,15,17,19H,2,7-14H2,1H3,(H,23,25)(H,24,28). The van der Waals surface area contributed by atoms with Gasteiger partial charge in [0.25, 0.3) is 0 Å². The first-order valence-electron chi connectivity index (χ1n) is 10.5. The fourth-order valence-electron chi connectivity index (χ4n) is 3.85. The topological polar surface area (TPSA) is 60.0 Å². The number of hydrogen-bond donors (Lipinski definition) is 2. The van der Waals surface area contributed by atoms with E-state index in [1.807, 2.05) is 19.1 Å². The van der Waals surface area contributed by atoms with Crippen molar-refractivity contribution >= 4 is 11.9 Å². The van der Waals surface area contributed by atoms with E-state index >= 15 is 0 Å². The number of aliphatic imine (C=N–C) groups is 1. The van der Waals surface area contributed by atoms with Gasteiger partial charge in [0.05, 0.1) is 6.54 Å². The van der Waals surface area contributed by atoms with Gasteiger partial charge in [-0.25, -0.2) is 4.39 Å². The van der Waals surface area contributed by atoms with Crippen LogP contribution in [0.2, 0.25) is 0 Å². The van der Waals surface area contributed by atoms with Gasteiger partial charge < -0.3 is 15.5 Å². The smallest absolute Gasteiger partial charge is 0.234 e. The van der Waals surface area contributed by atoms with E-state index in [1.165, 1.54) is 6.07 Å². The lowest BCUT2D eigenvalue weighted by Crippen LogP contribution is -2.54. The van der Waals surface area contributed by atoms with Crippen LogP contribution in [0.1, 0.15) is 37.7 Å². The summed E-state index contributed by atoms with van der Waals surface area (Å²) in [7, 11) is 0. The van der Waals surface area contributed by atoms with Crippen LogP contribution in [0.3, 0.4) is 0 Å². The van der Waals surface area contributed by atoms with Crippen LogP contribution in [0.25, 0.3) is 0 Å². The van der Waals surface area contributed by atoms with Crippen molar-refractivity contribution < 1.29 is 9.18 Å². The first-order valence-corrected chi connectivity index (χ1v) is 10.5. The summed E-state index contributed by atoms with van der Waals surface area (Å²) in [4.78, 5) is 21.1. The molecular formula is C21H30FN5O. The van der Waals surface area contributed by atoms with Crippen LogP contribution in [0.4, 0.5) is 4.39 Å². The molecule has 2 unspecified atom stereocenters. The fraction of sp³-hybridized carbons (Fsp3) is 0.619. The Balaban J connectivity index is 1.27. The quantitative estimate of drug-likeness (QED) is 0.574. The summed E-state index contributed by atoms with van der Waals surface area (Å²) in [6, 6.07) is 7.70. The minimum absolute atomic E-state index is 0.121. The third kappa shape index (κ3) is 4.82. The molecular weight excluding hydrogens is 357 g/mol. The molecule has 1 aromatic carbocycles. The molecule has 1 saturated heterocycles. The van der Waals surface area contributed by atoms with E-state index in [4.69, 9.17) is 0 Å². The van der Waals surface area contributed by atoms with Gasteiger partial charge in [0, 0.05) is 50.7 Å². The van der Waals surface area contributed by atoms with E-state index < -0.39 is 0 Å². The van der Waals surface area contributed by atoms with Crippen LogP contribution in [-0.4, -0.2) is 73.0 Å². The molecule has 1 heterocycles. The Morgan fingerprint density at radius 2 is 1.93 bits per heavy atom. The lowest BCUT2D eigenvalue weighted by atomic mass is 10.1. The first kappa shape index (κ1) is 19.2. The van der Waals surface area contributed by atoms with Crippen LogP contribution in [0, 0.1) is 5.82 Å². The van der Waals surface area contributed by atoms with E-state index in [9.17, 15) is 9.18 Å². The summed E-state index contributed by atoms with van der Waals surface area (Å²) in [5, 5.41) is 6.59. The average molecular weight is 388 g/mol. The maximum Gasteiger partial charge on any atom is 0.234 e. The summed E-state index contributed by atoms with van der Waals surface area (Å²) >= 11 is 0. The highest BCUT2D eigenvalue weighted by Crippen LogP contribution is 2.41. The third-order valence-corrected chi connectivity index (χ3v) is 5.70. The molecule has 3 fully saturated rings. The zero-order valence-electron chi connectivity index (χ0n) is 16.5. The Kier molecular flexibility index (Phi) is 5.80. The Morgan fingerprint density at radius 3 is 2.61 bits per heavy atom. The van der Waals surface area contributed by atoms with Crippen molar-refractivity contribution in [1.29, 1.82) is 0 Å². The molecule has 152 valence electrons. The molecule has 4 rings (SSSR count). The van der Waals surface area contributed by atoms with Crippen LogP contribution < -0.4 is 10.6 Å². The fourth-order valence-corrected chi connectivity index (χ4v) is 3.85. The normalized spacial score (nSPS) is 25.5. The van der Waals surface area contributed by atoms with E-state index in [0.29, 0.717) is 19.1 Å². The largest absolute Gasteiger partial charge is 0.353 e. The van der Waals surface area contributed by atoms with Crippen molar-refractivity contribution in [1.82, 2.24) is 20.4 Å². The number of amides is 1. The molecule has 2 saturated carbocycles. The number of carbonyl (C=O) groups excluding carboxylic acids is 1. The summed E-state index contributed by atoms with van der Waals surface area (Å²) < 4.78 is 14.0. The third-order valence-electron chi connectivity index (χ3n) is 5.70. The summed E-state index contributed by atoms with van der Waals surface area (Å²) in [5.41, 5.74) is 0.794. The van der Waals surface area contributed by atoms with Crippen molar-refractivity contribution in [3.8, 4) is 0 Å². The molecule has 0 spiro atoms. The van der Waals surface area contributed by atoms with Crippen molar-refractivity contribution in [2.45, 2.75) is 44.2 Å². The number of halogens is 1. The number of carbonyl (C=O) groups is 1. The minimum Gasteiger partial charge on any atom is -0.353 e. The number of benzene rings is 1. The zero-order chi connectivity index (χ0) is 19.5. The molecule has 0 bridgehead atoms. The number of hydrogen-bond acceptors (Lipinski definition) is 3. The predicted octanol–water partition coefficient (Wildman–Crippen LogP) is 1.54. The lowest BCUT2D eigenvalue weighted by Gasteiger charge is -2.36. The van der Waals surface area contributed by atoms with Crippen LogP contribution >= 0.6 is 0 Å². The monoisotopic (exact) mass is 387 g/mol. The highest BCUT2D eigenvalue weighted by Gasteiger charge is 2.41. The minimum atomic E-state index is -0.121. The van der Waals surface area contributed by atoms with Crippen molar-refractivity contribution in [2.75, 3.05) is 39.3 Å². The molecule has 0 aromatic heterocycles. The second-order valence-corrected chi connectivity index (χ2v) is 8.02. The molecule has 1 aromatic rings. The lowest BCUT2D eigenvalue weighted by molar-refractivity contribution is -0.122. The Bertz CT molecular complexity index is 727. The van der Waals surface area contributed by atoms with Crippen LogP contribution in [0.15, 0.2) is 29.3 Å². The SMILES string of the molecule is CCN=C(NC1CC1c1ccccc1F)N1CCN(CC(=O)NC2CC2)CC1. The molecule has 7 heteroatoms. The van der Waals surface area contributed by atoms with Gasteiger partial charge in [-0.2, -0.15) is 0 Å². The van der Waals surface area contributed by atoms with E-state index in [1.54, 1.807) is 6.07 Å². The summed E-state index contributed by atoms with van der Waals surface area (Å²) in [6.45, 7) is 6.62. The molecule has 0 radical (unpaired) electrons. The van der Waals surface area contributed by atoms with Gasteiger partial charge in [0.1, 0.15) is 5.82 Å². The maximum atomic E-state index is 14.0. The van der Waals surface area contributed by atoms with Crippen molar-refractivity contribution in [3.05, 3.63) is 35.6 Å². The molecule has 2 atom stereocenters. The molecule has 28 heavy (non-hydrogen) atoms. The second kappa shape index (κ2) is 8.47. The molecule has 1 amide bonds. The molecule has 3 aliphatic rings. The molecule has 1 aliphatic heterocycles. The highest BCUT2D eigenvalue weighted by molar-refractivity contribution is 5.81. The van der Waals surface area contributed by atoms with Gasteiger partial charge in [-0.3, -0.25) is 14.7 Å². The van der Waals surface area contributed by atoms with Gasteiger partial charge in [0.15, 0.2) is 5.96 Å². The number of piperazine rings is 1. The van der Waals surface area contributed by atoms with Gasteiger partial charge >= 0.3 is 0 Å². The van der Waals surface area contributed by atoms with Gasteiger partial charge in [-0.15, -0.1) is 0 Å². The molecule has 6 nitrogen and oxygen atoms in total. The van der Waals surface area contributed by atoms with Crippen LogP contribution in [0.5, 0.6) is 0 Å². The number of rotatable bonds is 6. The van der Waals surface area contributed by atoms with Gasteiger partial charge in [-0.05, 0) is 37.8 Å². The van der Waals surface area contributed by atoms with Crippen LogP contribution in [-0.2, 0) is 4.79 Å². The van der Waals surface area contributed by atoms with E-state index in [0.717, 1.165) is 57.0 Å². The Morgan fingerprint density at radius 1 is 1.18 bits per heavy atom. The van der Waals surface area contributed by atoms with Crippen molar-refractivity contribution in [3.63, 3.8) is 0 Å². The van der Waals surface area contributed by atoms with Crippen molar-refractivity contribution in [2.24, 2.45) is 4.99 Å². The number of guanidine groups is 1. The second-order valence-electron chi connectivity index (χ2n) is 8.02. The molecule has 2 aliphatic carbocycles. The predicted molar refractivity (Wildman–Crippen MR) is 108 cm³/mol. The maximum absolute atomic E-state index is 14.0. The highest BCUT2D eigenvalue weighted by atomic mass is 19.1. The molecule has 2 N–H and O–H groups in total. The van der Waals surface area contributed by atoms with Gasteiger partial charge in [0.2, 0.25) is 5.91 Å². The summed E-state index contributed by atoms with van der Waals surface area (Å²) in [6.07, 6.45) is 3.18. The first-order chi connectivity index (χ1) is 13.6. The Labute approximate surface area is 166 Å². The Hall–Kier alpha value is -2.15. The van der Waals surface area contributed by atoms with E-state index in [2.05, 4.69) is 25.4 Å². The number of nitrogens with one attached hydrogen (secondary N) is 2. The number of nitrogens with zero attached hydrogens (tertiary/aromatic N) is 3. The summed E-state index contributed by atoms with van der Waals surface area (Å²) in [5.74, 6) is 1.15. The average Bonchev–Trinajstić information content (AvgIpc) is 3.60. The van der Waals surface area contributed by atoms with Gasteiger partial charge in [-0.1, -0.05) is 18.2 Å². The zero-order valence-corrected chi connectivity index (χ0v) is 16.5.